The summed E-state index contributed by atoms with van der Waals surface area (Å²) in [5.74, 6) is 0.581. The van der Waals surface area contributed by atoms with Crippen LogP contribution in [0.15, 0.2) is 53.7 Å². The monoisotopic (exact) mass is 423 g/mol. The minimum absolute atomic E-state index is 0.0917. The number of thioether (sulfide) groups is 1. The average Bonchev–Trinajstić information content (AvgIpc) is 3.12. The third-order valence-corrected chi connectivity index (χ3v) is 5.73. The number of rotatable bonds is 8. The van der Waals surface area contributed by atoms with Crippen molar-refractivity contribution < 1.29 is 9.59 Å². The first kappa shape index (κ1) is 21.6. The molecule has 7 nitrogen and oxygen atoms in total. The molecule has 2 amide bonds. The molecule has 8 heteroatoms. The number of benzene rings is 2. The summed E-state index contributed by atoms with van der Waals surface area (Å²) in [7, 11) is 1.82. The number of aryl methyl sites for hydroxylation is 2. The SMILES string of the molecule is CCc1cccc(C)c1NC(=O)CSc1nnc(CNC(=O)c2ccccc2)n1C. The van der Waals surface area contributed by atoms with E-state index in [1.807, 2.05) is 50.4 Å². The molecule has 0 radical (unpaired) electrons. The molecule has 3 aromatic rings. The summed E-state index contributed by atoms with van der Waals surface area (Å²) in [4.78, 5) is 24.6. The fraction of sp³-hybridized carbons (Fsp3) is 0.273. The van der Waals surface area contributed by atoms with Crippen LogP contribution in [0.2, 0.25) is 0 Å². The van der Waals surface area contributed by atoms with Crippen LogP contribution in [-0.2, 0) is 24.8 Å². The summed E-state index contributed by atoms with van der Waals surface area (Å²) >= 11 is 1.31. The van der Waals surface area contributed by atoms with Crippen molar-refractivity contribution in [1.82, 2.24) is 20.1 Å². The predicted molar refractivity (Wildman–Crippen MR) is 119 cm³/mol. The molecule has 0 bridgehead atoms. The highest BCUT2D eigenvalue weighted by Gasteiger charge is 2.14. The summed E-state index contributed by atoms with van der Waals surface area (Å²) in [6.07, 6.45) is 0.853. The number of carbonyl (C=O) groups excluding carboxylic acids is 2. The van der Waals surface area contributed by atoms with Gasteiger partial charge in [0, 0.05) is 18.3 Å². The molecule has 2 N–H and O–H groups in total. The highest BCUT2D eigenvalue weighted by atomic mass is 32.2. The molecule has 0 aliphatic heterocycles. The Balaban J connectivity index is 1.55. The van der Waals surface area contributed by atoms with Crippen LogP contribution in [0.4, 0.5) is 5.69 Å². The number of nitrogens with zero attached hydrogens (tertiary/aromatic N) is 3. The first-order valence-corrected chi connectivity index (χ1v) is 10.7. The maximum Gasteiger partial charge on any atom is 0.251 e. The van der Waals surface area contributed by atoms with E-state index in [0.717, 1.165) is 23.2 Å². The molecule has 30 heavy (non-hydrogen) atoms. The molecular formula is C22H25N5O2S. The minimum atomic E-state index is -0.169. The van der Waals surface area contributed by atoms with E-state index in [-0.39, 0.29) is 24.1 Å². The second-order valence-electron chi connectivity index (χ2n) is 6.81. The van der Waals surface area contributed by atoms with Crippen LogP contribution in [0.25, 0.3) is 0 Å². The number of aromatic nitrogens is 3. The van der Waals surface area contributed by atoms with Gasteiger partial charge >= 0.3 is 0 Å². The summed E-state index contributed by atoms with van der Waals surface area (Å²) in [6, 6.07) is 15.0. The zero-order valence-corrected chi connectivity index (χ0v) is 18.1. The fourth-order valence-corrected chi connectivity index (χ4v) is 3.71. The van der Waals surface area contributed by atoms with Crippen molar-refractivity contribution in [3.63, 3.8) is 0 Å². The van der Waals surface area contributed by atoms with Crippen LogP contribution in [0.1, 0.15) is 34.2 Å². The van der Waals surface area contributed by atoms with Gasteiger partial charge in [-0.15, -0.1) is 10.2 Å². The smallest absolute Gasteiger partial charge is 0.251 e. The topological polar surface area (TPSA) is 88.9 Å². The largest absolute Gasteiger partial charge is 0.345 e. The summed E-state index contributed by atoms with van der Waals surface area (Å²) in [5.41, 5.74) is 3.63. The molecule has 0 fully saturated rings. The van der Waals surface area contributed by atoms with E-state index in [1.54, 1.807) is 16.7 Å². The Bertz CT molecular complexity index is 1030. The normalized spacial score (nSPS) is 10.6. The second-order valence-corrected chi connectivity index (χ2v) is 7.75. The lowest BCUT2D eigenvalue weighted by Gasteiger charge is -2.12. The van der Waals surface area contributed by atoms with Crippen molar-refractivity contribution >= 4 is 29.3 Å². The zero-order chi connectivity index (χ0) is 21.5. The van der Waals surface area contributed by atoms with E-state index in [2.05, 4.69) is 27.8 Å². The van der Waals surface area contributed by atoms with Crippen LogP contribution in [-0.4, -0.2) is 32.3 Å². The zero-order valence-electron chi connectivity index (χ0n) is 17.3. The Morgan fingerprint density at radius 2 is 1.83 bits per heavy atom. The van der Waals surface area contributed by atoms with Crippen LogP contribution in [0.5, 0.6) is 0 Å². The minimum Gasteiger partial charge on any atom is -0.345 e. The van der Waals surface area contributed by atoms with Gasteiger partial charge in [0.05, 0.1) is 12.3 Å². The summed E-state index contributed by atoms with van der Waals surface area (Å²) in [5, 5.41) is 14.7. The molecule has 2 aromatic carbocycles. The highest BCUT2D eigenvalue weighted by Crippen LogP contribution is 2.22. The van der Waals surface area contributed by atoms with Gasteiger partial charge in [-0.2, -0.15) is 0 Å². The number of hydrogen-bond donors (Lipinski definition) is 2. The van der Waals surface area contributed by atoms with E-state index in [4.69, 9.17) is 0 Å². The van der Waals surface area contributed by atoms with Crippen LogP contribution < -0.4 is 10.6 Å². The van der Waals surface area contributed by atoms with E-state index in [0.29, 0.717) is 16.5 Å². The molecule has 1 heterocycles. The molecular weight excluding hydrogens is 398 g/mol. The molecule has 3 rings (SSSR count). The third-order valence-electron chi connectivity index (χ3n) is 4.70. The Labute approximate surface area is 180 Å². The molecule has 0 aliphatic rings. The predicted octanol–water partition coefficient (Wildman–Crippen LogP) is 3.35. The molecule has 0 saturated heterocycles. The molecule has 1 aromatic heterocycles. The Kier molecular flexibility index (Phi) is 7.24. The van der Waals surface area contributed by atoms with Crippen LogP contribution >= 0.6 is 11.8 Å². The maximum atomic E-state index is 12.4. The van der Waals surface area contributed by atoms with Gasteiger partial charge in [-0.3, -0.25) is 9.59 Å². The van der Waals surface area contributed by atoms with Gasteiger partial charge in [0.25, 0.3) is 5.91 Å². The van der Waals surface area contributed by atoms with Crippen molar-refractivity contribution in [3.8, 4) is 0 Å². The van der Waals surface area contributed by atoms with Crippen molar-refractivity contribution in [1.29, 1.82) is 0 Å². The summed E-state index contributed by atoms with van der Waals surface area (Å²) < 4.78 is 1.79. The maximum absolute atomic E-state index is 12.4. The van der Waals surface area contributed by atoms with Gasteiger partial charge < -0.3 is 15.2 Å². The van der Waals surface area contributed by atoms with Crippen molar-refractivity contribution in [2.24, 2.45) is 7.05 Å². The Morgan fingerprint density at radius 3 is 2.57 bits per heavy atom. The number of hydrogen-bond acceptors (Lipinski definition) is 5. The standard InChI is InChI=1S/C22H25N5O2S/c1-4-16-12-8-9-15(2)20(16)24-19(28)14-30-22-26-25-18(27(22)3)13-23-21(29)17-10-6-5-7-11-17/h5-12H,4,13-14H2,1-3H3,(H,23,29)(H,24,28). The number of para-hydroxylation sites is 1. The van der Waals surface area contributed by atoms with Gasteiger partial charge in [0.1, 0.15) is 0 Å². The molecule has 0 unspecified atom stereocenters. The van der Waals surface area contributed by atoms with Gasteiger partial charge in [0.2, 0.25) is 5.91 Å². The van der Waals surface area contributed by atoms with E-state index in [9.17, 15) is 9.59 Å². The quantitative estimate of drug-likeness (QED) is 0.543. The van der Waals surface area contributed by atoms with E-state index < -0.39 is 0 Å². The van der Waals surface area contributed by atoms with Crippen molar-refractivity contribution in [2.75, 3.05) is 11.1 Å². The van der Waals surface area contributed by atoms with Gasteiger partial charge in [-0.05, 0) is 36.6 Å². The first-order valence-electron chi connectivity index (χ1n) is 9.72. The van der Waals surface area contributed by atoms with Gasteiger partial charge in [-0.25, -0.2) is 0 Å². The lowest BCUT2D eigenvalue weighted by Crippen LogP contribution is -2.24. The third kappa shape index (κ3) is 5.27. The lowest BCUT2D eigenvalue weighted by atomic mass is 10.1. The molecule has 0 aliphatic carbocycles. The molecule has 156 valence electrons. The Hall–Kier alpha value is -3.13. The average molecular weight is 424 g/mol. The van der Waals surface area contributed by atoms with Crippen LogP contribution in [0.3, 0.4) is 0 Å². The molecule has 0 spiro atoms. The number of amides is 2. The lowest BCUT2D eigenvalue weighted by molar-refractivity contribution is -0.113. The first-order chi connectivity index (χ1) is 14.5. The van der Waals surface area contributed by atoms with Gasteiger partial charge in [-0.1, -0.05) is 55.1 Å². The Morgan fingerprint density at radius 1 is 1.07 bits per heavy atom. The number of anilines is 1. The fourth-order valence-electron chi connectivity index (χ4n) is 2.98. The molecule has 0 atom stereocenters. The van der Waals surface area contributed by atoms with Crippen molar-refractivity contribution in [3.05, 3.63) is 71.0 Å². The van der Waals surface area contributed by atoms with E-state index in [1.165, 1.54) is 11.8 Å². The molecule has 0 saturated carbocycles. The van der Waals surface area contributed by atoms with Crippen molar-refractivity contribution in [2.45, 2.75) is 32.0 Å². The number of nitrogens with one attached hydrogen (secondary N) is 2. The second kappa shape index (κ2) is 10.1. The number of carbonyl (C=O) groups is 2. The highest BCUT2D eigenvalue weighted by molar-refractivity contribution is 7.99. The van der Waals surface area contributed by atoms with Gasteiger partial charge in [0.15, 0.2) is 11.0 Å². The van der Waals surface area contributed by atoms with E-state index >= 15 is 0 Å². The summed E-state index contributed by atoms with van der Waals surface area (Å²) in [6.45, 7) is 4.31. The van der Waals surface area contributed by atoms with Crippen LogP contribution in [0, 0.1) is 6.92 Å².